The van der Waals surface area contributed by atoms with Gasteiger partial charge in [-0.1, -0.05) is 13.8 Å². The van der Waals surface area contributed by atoms with Gasteiger partial charge in [-0.3, -0.25) is 4.79 Å². The molecule has 0 aliphatic rings. The van der Waals surface area contributed by atoms with Crippen molar-refractivity contribution in [3.8, 4) is 0 Å². The summed E-state index contributed by atoms with van der Waals surface area (Å²) in [7, 11) is 0. The zero-order chi connectivity index (χ0) is 13.5. The summed E-state index contributed by atoms with van der Waals surface area (Å²) < 4.78 is 0. The molecule has 0 aliphatic heterocycles. The smallest absolute Gasteiger partial charge is 0.234 e. The molecule has 0 rings (SSSR count). The van der Waals surface area contributed by atoms with E-state index in [1.807, 2.05) is 13.2 Å². The quantitative estimate of drug-likeness (QED) is 0.607. The molecule has 0 aromatic heterocycles. The molecule has 1 amide bonds. The van der Waals surface area contributed by atoms with E-state index in [1.54, 1.807) is 18.7 Å². The standard InChI is InChI=1S/C12H26N2O2S/c1-9(2)10(3)14-11(15)6-13-7-12(4,16)8-17-5/h9-10,13,16H,6-8H2,1-5H3,(H,14,15). The SMILES string of the molecule is CSCC(C)(O)CNCC(=O)NC(C)C(C)C. The summed E-state index contributed by atoms with van der Waals surface area (Å²) >= 11 is 1.59. The highest BCUT2D eigenvalue weighted by Crippen LogP contribution is 2.08. The number of amides is 1. The molecule has 0 saturated heterocycles. The average molecular weight is 262 g/mol. The number of rotatable bonds is 8. The lowest BCUT2D eigenvalue weighted by atomic mass is 10.1. The Morgan fingerprint density at radius 2 is 2.00 bits per heavy atom. The molecule has 0 heterocycles. The van der Waals surface area contributed by atoms with Crippen LogP contribution in [0, 0.1) is 5.92 Å². The van der Waals surface area contributed by atoms with Gasteiger partial charge < -0.3 is 15.7 Å². The van der Waals surface area contributed by atoms with E-state index in [1.165, 1.54) is 0 Å². The Bertz CT molecular complexity index is 233. The number of hydrogen-bond donors (Lipinski definition) is 3. The maximum absolute atomic E-state index is 11.5. The molecular formula is C12H26N2O2S. The second-order valence-corrected chi connectivity index (χ2v) is 6.00. The van der Waals surface area contributed by atoms with Gasteiger partial charge in [-0.05, 0) is 26.0 Å². The van der Waals surface area contributed by atoms with E-state index in [-0.39, 0.29) is 18.5 Å². The molecule has 0 aromatic carbocycles. The lowest BCUT2D eigenvalue weighted by Gasteiger charge is -2.23. The van der Waals surface area contributed by atoms with E-state index in [0.717, 1.165) is 0 Å². The zero-order valence-electron chi connectivity index (χ0n) is 11.5. The number of thioether (sulfide) groups is 1. The topological polar surface area (TPSA) is 61.4 Å². The number of nitrogens with one attached hydrogen (secondary N) is 2. The first kappa shape index (κ1) is 16.7. The number of hydrogen-bond acceptors (Lipinski definition) is 4. The normalized spacial score (nSPS) is 16.6. The second-order valence-electron chi connectivity index (χ2n) is 5.13. The summed E-state index contributed by atoms with van der Waals surface area (Å²) in [5.74, 6) is 1.06. The van der Waals surface area contributed by atoms with E-state index < -0.39 is 5.60 Å². The van der Waals surface area contributed by atoms with Crippen LogP contribution in [0.3, 0.4) is 0 Å². The summed E-state index contributed by atoms with van der Waals surface area (Å²) in [5.41, 5.74) is -0.761. The molecular weight excluding hydrogens is 236 g/mol. The van der Waals surface area contributed by atoms with E-state index in [2.05, 4.69) is 24.5 Å². The van der Waals surface area contributed by atoms with Crippen molar-refractivity contribution in [3.63, 3.8) is 0 Å². The Morgan fingerprint density at radius 1 is 1.41 bits per heavy atom. The fourth-order valence-corrected chi connectivity index (χ4v) is 2.00. The molecule has 0 bridgehead atoms. The minimum Gasteiger partial charge on any atom is -0.388 e. The monoisotopic (exact) mass is 262 g/mol. The van der Waals surface area contributed by atoms with Crippen molar-refractivity contribution in [2.75, 3.05) is 25.1 Å². The molecule has 4 nitrogen and oxygen atoms in total. The Kier molecular flexibility index (Phi) is 7.83. The molecule has 0 aromatic rings. The number of aliphatic hydroxyl groups is 1. The maximum Gasteiger partial charge on any atom is 0.234 e. The minimum atomic E-state index is -0.761. The molecule has 0 radical (unpaired) electrons. The van der Waals surface area contributed by atoms with Crippen LogP contribution in [-0.4, -0.2) is 47.8 Å². The number of carbonyl (C=O) groups excluding carboxylic acids is 1. The first-order valence-electron chi connectivity index (χ1n) is 6.00. The Labute approximate surface area is 109 Å². The molecule has 0 fully saturated rings. The van der Waals surface area contributed by atoms with Gasteiger partial charge in [0.1, 0.15) is 0 Å². The summed E-state index contributed by atoms with van der Waals surface area (Å²) in [6.07, 6.45) is 1.95. The molecule has 102 valence electrons. The Morgan fingerprint density at radius 3 is 2.47 bits per heavy atom. The van der Waals surface area contributed by atoms with E-state index in [9.17, 15) is 9.90 Å². The van der Waals surface area contributed by atoms with Crippen LogP contribution < -0.4 is 10.6 Å². The molecule has 2 atom stereocenters. The van der Waals surface area contributed by atoms with Crippen LogP contribution in [0.25, 0.3) is 0 Å². The Hall–Kier alpha value is -0.260. The predicted molar refractivity (Wildman–Crippen MR) is 74.3 cm³/mol. The lowest BCUT2D eigenvalue weighted by Crippen LogP contribution is -2.46. The fraction of sp³-hybridized carbons (Fsp3) is 0.917. The molecule has 0 aliphatic carbocycles. The summed E-state index contributed by atoms with van der Waals surface area (Å²) in [4.78, 5) is 11.5. The van der Waals surface area contributed by atoms with Crippen LogP contribution in [-0.2, 0) is 4.79 Å². The number of carbonyl (C=O) groups is 1. The minimum absolute atomic E-state index is 0.0221. The maximum atomic E-state index is 11.5. The first-order valence-corrected chi connectivity index (χ1v) is 7.39. The van der Waals surface area contributed by atoms with Gasteiger partial charge in [0, 0.05) is 18.3 Å². The van der Waals surface area contributed by atoms with Crippen molar-refractivity contribution in [1.82, 2.24) is 10.6 Å². The van der Waals surface area contributed by atoms with Gasteiger partial charge in [0.05, 0.1) is 12.1 Å². The third kappa shape index (κ3) is 8.46. The van der Waals surface area contributed by atoms with Crippen molar-refractivity contribution >= 4 is 17.7 Å². The highest BCUT2D eigenvalue weighted by atomic mass is 32.2. The highest BCUT2D eigenvalue weighted by Gasteiger charge is 2.19. The largest absolute Gasteiger partial charge is 0.388 e. The second kappa shape index (κ2) is 7.95. The van der Waals surface area contributed by atoms with Crippen molar-refractivity contribution in [2.24, 2.45) is 5.92 Å². The van der Waals surface area contributed by atoms with E-state index in [0.29, 0.717) is 18.2 Å². The van der Waals surface area contributed by atoms with E-state index >= 15 is 0 Å². The van der Waals surface area contributed by atoms with Gasteiger partial charge in [0.15, 0.2) is 0 Å². The van der Waals surface area contributed by atoms with Gasteiger partial charge >= 0.3 is 0 Å². The van der Waals surface area contributed by atoms with Gasteiger partial charge in [0.2, 0.25) is 5.91 Å². The van der Waals surface area contributed by atoms with Gasteiger partial charge in [-0.15, -0.1) is 0 Å². The van der Waals surface area contributed by atoms with Crippen LogP contribution in [0.15, 0.2) is 0 Å². The van der Waals surface area contributed by atoms with E-state index in [4.69, 9.17) is 0 Å². The lowest BCUT2D eigenvalue weighted by molar-refractivity contribution is -0.121. The van der Waals surface area contributed by atoms with Crippen LogP contribution in [0.5, 0.6) is 0 Å². The first-order chi connectivity index (χ1) is 7.78. The molecule has 17 heavy (non-hydrogen) atoms. The molecule has 0 saturated carbocycles. The predicted octanol–water partition coefficient (Wildman–Crippen LogP) is 0.851. The zero-order valence-corrected chi connectivity index (χ0v) is 12.4. The molecule has 0 spiro atoms. The molecule has 3 N–H and O–H groups in total. The third-order valence-corrected chi connectivity index (χ3v) is 3.55. The van der Waals surface area contributed by atoms with Gasteiger partial charge in [-0.2, -0.15) is 11.8 Å². The van der Waals surface area contributed by atoms with Gasteiger partial charge in [0.25, 0.3) is 0 Å². The third-order valence-electron chi connectivity index (χ3n) is 2.64. The fourth-order valence-electron chi connectivity index (χ4n) is 1.28. The van der Waals surface area contributed by atoms with Crippen LogP contribution in [0.4, 0.5) is 0 Å². The Balaban J connectivity index is 3.78. The van der Waals surface area contributed by atoms with Gasteiger partial charge in [-0.25, -0.2) is 0 Å². The highest BCUT2D eigenvalue weighted by molar-refractivity contribution is 7.98. The molecule has 5 heteroatoms. The van der Waals surface area contributed by atoms with Crippen LogP contribution >= 0.6 is 11.8 Å². The van der Waals surface area contributed by atoms with Crippen molar-refractivity contribution in [1.29, 1.82) is 0 Å². The van der Waals surface area contributed by atoms with Crippen molar-refractivity contribution in [2.45, 2.75) is 39.3 Å². The van der Waals surface area contributed by atoms with Crippen LogP contribution in [0.1, 0.15) is 27.7 Å². The van der Waals surface area contributed by atoms with Crippen molar-refractivity contribution in [3.05, 3.63) is 0 Å². The van der Waals surface area contributed by atoms with Crippen LogP contribution in [0.2, 0.25) is 0 Å². The van der Waals surface area contributed by atoms with Crippen molar-refractivity contribution < 1.29 is 9.90 Å². The molecule has 2 unspecified atom stereocenters. The summed E-state index contributed by atoms with van der Waals surface area (Å²) in [5, 5.41) is 15.8. The summed E-state index contributed by atoms with van der Waals surface area (Å²) in [6.45, 7) is 8.58. The average Bonchev–Trinajstić information content (AvgIpc) is 2.16. The summed E-state index contributed by atoms with van der Waals surface area (Å²) in [6, 6.07) is 0.177.